The lowest BCUT2D eigenvalue weighted by Crippen LogP contribution is -1.99. The summed E-state index contributed by atoms with van der Waals surface area (Å²) in [5, 5.41) is 17.8. The predicted octanol–water partition coefficient (Wildman–Crippen LogP) is 2.77. The molecule has 0 bridgehead atoms. The van der Waals surface area contributed by atoms with E-state index in [0.29, 0.717) is 16.9 Å². The van der Waals surface area contributed by atoms with Crippen LogP contribution in [0.3, 0.4) is 0 Å². The third-order valence-electron chi connectivity index (χ3n) is 2.69. The van der Waals surface area contributed by atoms with E-state index in [9.17, 15) is 4.39 Å². The van der Waals surface area contributed by atoms with Gasteiger partial charge in [0.15, 0.2) is 0 Å². The summed E-state index contributed by atoms with van der Waals surface area (Å²) in [6, 6.07) is 12.9. The number of nitrogens with zero attached hydrogens (tertiary/aromatic N) is 1. The minimum absolute atomic E-state index is 0.0250. The molecule has 2 aromatic carbocycles. The Balaban J connectivity index is 2.09. The lowest BCUT2D eigenvalue weighted by atomic mass is 10.1. The molecule has 2 rings (SSSR count). The third kappa shape index (κ3) is 3.30. The second-order valence-corrected chi connectivity index (χ2v) is 4.00. The molecule has 3 nitrogen and oxygen atoms in total. The standard InChI is InChI=1S/C15H12FNO2/c16-14-4-3-12(8-17)13(7-14)10-19-15-5-1-11(9-18)2-6-15/h1-7,18H,9-10H2. The fourth-order valence-corrected chi connectivity index (χ4v) is 1.64. The second kappa shape index (κ2) is 5.98. The van der Waals surface area contributed by atoms with Crippen LogP contribution >= 0.6 is 0 Å². The van der Waals surface area contributed by atoms with Gasteiger partial charge in [0, 0.05) is 5.56 Å². The summed E-state index contributed by atoms with van der Waals surface area (Å²) >= 11 is 0. The van der Waals surface area contributed by atoms with Crippen LogP contribution in [0.4, 0.5) is 4.39 Å². The Kier molecular flexibility index (Phi) is 4.11. The van der Waals surface area contributed by atoms with Crippen molar-refractivity contribution < 1.29 is 14.2 Å². The summed E-state index contributed by atoms with van der Waals surface area (Å²) in [6.07, 6.45) is 0. The normalized spacial score (nSPS) is 9.95. The van der Waals surface area contributed by atoms with Crippen LogP contribution in [0.1, 0.15) is 16.7 Å². The Bertz CT molecular complexity index is 603. The molecule has 0 aromatic heterocycles. The summed E-state index contributed by atoms with van der Waals surface area (Å²) in [5.41, 5.74) is 1.69. The molecule has 0 aliphatic rings. The number of benzene rings is 2. The molecular weight excluding hydrogens is 245 g/mol. The molecule has 0 spiro atoms. The number of ether oxygens (including phenoxy) is 1. The van der Waals surface area contributed by atoms with Crippen molar-refractivity contribution >= 4 is 0 Å². The van der Waals surface area contributed by atoms with Crippen molar-refractivity contribution in [1.82, 2.24) is 0 Å². The molecule has 4 heteroatoms. The van der Waals surface area contributed by atoms with Gasteiger partial charge in [0.05, 0.1) is 18.2 Å². The molecule has 0 atom stereocenters. The number of halogens is 1. The Morgan fingerprint density at radius 3 is 2.53 bits per heavy atom. The van der Waals surface area contributed by atoms with Crippen LogP contribution in [-0.4, -0.2) is 5.11 Å². The van der Waals surface area contributed by atoms with E-state index in [2.05, 4.69) is 0 Å². The highest BCUT2D eigenvalue weighted by molar-refractivity contribution is 5.38. The van der Waals surface area contributed by atoms with Crippen LogP contribution in [0.25, 0.3) is 0 Å². The van der Waals surface area contributed by atoms with Gasteiger partial charge in [-0.15, -0.1) is 0 Å². The maximum Gasteiger partial charge on any atom is 0.123 e. The van der Waals surface area contributed by atoms with Crippen molar-refractivity contribution in [2.45, 2.75) is 13.2 Å². The highest BCUT2D eigenvalue weighted by Crippen LogP contribution is 2.16. The molecule has 1 N–H and O–H groups in total. The molecule has 0 heterocycles. The number of nitriles is 1. The first kappa shape index (κ1) is 13.1. The first-order valence-electron chi connectivity index (χ1n) is 5.74. The smallest absolute Gasteiger partial charge is 0.123 e. The topological polar surface area (TPSA) is 53.2 Å². The fourth-order valence-electron chi connectivity index (χ4n) is 1.64. The van der Waals surface area contributed by atoms with Gasteiger partial charge in [0.25, 0.3) is 0 Å². The average molecular weight is 257 g/mol. The highest BCUT2D eigenvalue weighted by atomic mass is 19.1. The maximum absolute atomic E-state index is 13.1. The SMILES string of the molecule is N#Cc1ccc(F)cc1COc1ccc(CO)cc1. The molecule has 0 aliphatic carbocycles. The number of aliphatic hydroxyl groups is 1. The molecule has 19 heavy (non-hydrogen) atoms. The van der Waals surface area contributed by atoms with Crippen molar-refractivity contribution in [1.29, 1.82) is 5.26 Å². The van der Waals surface area contributed by atoms with E-state index < -0.39 is 5.82 Å². The highest BCUT2D eigenvalue weighted by Gasteiger charge is 2.05. The molecule has 0 radical (unpaired) electrons. The van der Waals surface area contributed by atoms with Gasteiger partial charge in [-0.05, 0) is 35.9 Å². The minimum Gasteiger partial charge on any atom is -0.489 e. The van der Waals surface area contributed by atoms with Crippen molar-refractivity contribution in [3.05, 3.63) is 65.0 Å². The zero-order valence-electron chi connectivity index (χ0n) is 10.1. The molecule has 0 aliphatic heterocycles. The van der Waals surface area contributed by atoms with Gasteiger partial charge in [0.2, 0.25) is 0 Å². The first-order valence-corrected chi connectivity index (χ1v) is 5.74. The number of aliphatic hydroxyl groups excluding tert-OH is 1. The summed E-state index contributed by atoms with van der Waals surface area (Å²) < 4.78 is 18.6. The average Bonchev–Trinajstić information content (AvgIpc) is 2.46. The van der Waals surface area contributed by atoms with Gasteiger partial charge in [-0.25, -0.2) is 4.39 Å². The number of rotatable bonds is 4. The van der Waals surface area contributed by atoms with Crippen LogP contribution in [0, 0.1) is 17.1 Å². The van der Waals surface area contributed by atoms with E-state index in [0.717, 1.165) is 5.56 Å². The van der Waals surface area contributed by atoms with Gasteiger partial charge >= 0.3 is 0 Å². The quantitative estimate of drug-likeness (QED) is 0.916. The van der Waals surface area contributed by atoms with E-state index in [4.69, 9.17) is 15.1 Å². The summed E-state index contributed by atoms with van der Waals surface area (Å²) in [4.78, 5) is 0. The van der Waals surface area contributed by atoms with E-state index in [1.807, 2.05) is 6.07 Å². The van der Waals surface area contributed by atoms with E-state index in [1.54, 1.807) is 24.3 Å². The largest absolute Gasteiger partial charge is 0.489 e. The molecule has 0 unspecified atom stereocenters. The Labute approximate surface area is 110 Å². The van der Waals surface area contributed by atoms with E-state index >= 15 is 0 Å². The van der Waals surface area contributed by atoms with Gasteiger partial charge in [-0.3, -0.25) is 0 Å². The lowest BCUT2D eigenvalue weighted by molar-refractivity contribution is 0.280. The van der Waals surface area contributed by atoms with Crippen LogP contribution in [0.2, 0.25) is 0 Å². The van der Waals surface area contributed by atoms with Gasteiger partial charge < -0.3 is 9.84 Å². The van der Waals surface area contributed by atoms with Crippen molar-refractivity contribution in [3.8, 4) is 11.8 Å². The number of hydrogen-bond donors (Lipinski definition) is 1. The fraction of sp³-hybridized carbons (Fsp3) is 0.133. The van der Waals surface area contributed by atoms with Gasteiger partial charge in [0.1, 0.15) is 18.2 Å². The van der Waals surface area contributed by atoms with E-state index in [1.165, 1.54) is 18.2 Å². The van der Waals surface area contributed by atoms with Crippen molar-refractivity contribution in [3.63, 3.8) is 0 Å². The minimum atomic E-state index is -0.395. The van der Waals surface area contributed by atoms with E-state index in [-0.39, 0.29) is 13.2 Å². The Morgan fingerprint density at radius 2 is 1.89 bits per heavy atom. The summed E-state index contributed by atoms with van der Waals surface area (Å²) in [5.74, 6) is 0.207. The van der Waals surface area contributed by atoms with Crippen molar-refractivity contribution in [2.75, 3.05) is 0 Å². The van der Waals surface area contributed by atoms with Crippen LogP contribution in [-0.2, 0) is 13.2 Å². The molecular formula is C15H12FNO2. The van der Waals surface area contributed by atoms with Gasteiger partial charge in [-0.2, -0.15) is 5.26 Å². The Morgan fingerprint density at radius 1 is 1.16 bits per heavy atom. The molecule has 2 aromatic rings. The first-order chi connectivity index (χ1) is 9.22. The van der Waals surface area contributed by atoms with Crippen LogP contribution < -0.4 is 4.74 Å². The summed E-state index contributed by atoms with van der Waals surface area (Å²) in [7, 11) is 0. The number of hydrogen-bond acceptors (Lipinski definition) is 3. The Hall–Kier alpha value is -2.38. The zero-order chi connectivity index (χ0) is 13.7. The predicted molar refractivity (Wildman–Crippen MR) is 67.8 cm³/mol. The zero-order valence-corrected chi connectivity index (χ0v) is 10.1. The molecule has 0 fully saturated rings. The van der Waals surface area contributed by atoms with Crippen LogP contribution in [0.15, 0.2) is 42.5 Å². The van der Waals surface area contributed by atoms with Gasteiger partial charge in [-0.1, -0.05) is 12.1 Å². The molecule has 0 saturated carbocycles. The third-order valence-corrected chi connectivity index (χ3v) is 2.69. The second-order valence-electron chi connectivity index (χ2n) is 4.00. The monoisotopic (exact) mass is 257 g/mol. The maximum atomic E-state index is 13.1. The lowest BCUT2D eigenvalue weighted by Gasteiger charge is -2.08. The molecule has 0 saturated heterocycles. The van der Waals surface area contributed by atoms with Crippen molar-refractivity contribution in [2.24, 2.45) is 0 Å². The molecule has 0 amide bonds. The van der Waals surface area contributed by atoms with Crippen LogP contribution in [0.5, 0.6) is 5.75 Å². The molecule has 96 valence electrons. The summed E-state index contributed by atoms with van der Waals surface area (Å²) in [6.45, 7) is 0.0991.